The molecule has 2 aromatic rings. The molecule has 18 heavy (non-hydrogen) atoms. The van der Waals surface area contributed by atoms with Gasteiger partial charge in [0.2, 0.25) is 0 Å². The van der Waals surface area contributed by atoms with E-state index in [1.54, 1.807) is 4.57 Å². The third-order valence-electron chi connectivity index (χ3n) is 3.45. The topological polar surface area (TPSA) is 26.9 Å². The van der Waals surface area contributed by atoms with Crippen molar-refractivity contribution in [1.29, 1.82) is 0 Å². The third-order valence-corrected chi connectivity index (χ3v) is 3.62. The maximum atomic E-state index is 12.5. The number of alkyl halides is 1. The molecular weight excluding hydrogens is 248 g/mol. The highest BCUT2D eigenvalue weighted by molar-refractivity contribution is 6.17. The summed E-state index contributed by atoms with van der Waals surface area (Å²) in [4.78, 5) is 12.5. The first-order chi connectivity index (χ1) is 8.83. The summed E-state index contributed by atoms with van der Waals surface area (Å²) in [5, 5.41) is 0. The normalized spacial score (nSPS) is 15.3. The summed E-state index contributed by atoms with van der Waals surface area (Å²) in [5.74, 6) is 0.451. The molecule has 1 heterocycles. The van der Waals surface area contributed by atoms with E-state index in [4.69, 9.17) is 11.6 Å². The maximum absolute atomic E-state index is 12.5. The molecule has 1 aromatic heterocycles. The Balaban J connectivity index is 2.30. The number of allylic oxidation sites excluding steroid dienone is 2. The molecule has 4 heteroatoms. The number of benzene rings is 1. The maximum Gasteiger partial charge on any atom is 0.333 e. The molecule has 0 bridgehead atoms. The quantitative estimate of drug-likeness (QED) is 0.781. The molecular formula is C14H15ClN2O. The van der Waals surface area contributed by atoms with Gasteiger partial charge in [0.25, 0.3) is 0 Å². The van der Waals surface area contributed by atoms with Crippen LogP contribution in [0.3, 0.4) is 0 Å². The molecule has 0 saturated carbocycles. The van der Waals surface area contributed by atoms with Crippen LogP contribution in [0.1, 0.15) is 19.3 Å². The molecule has 0 fully saturated rings. The Morgan fingerprint density at radius 1 is 1.22 bits per heavy atom. The van der Waals surface area contributed by atoms with Crippen molar-refractivity contribution in [3.05, 3.63) is 40.8 Å². The van der Waals surface area contributed by atoms with Crippen LogP contribution in [0.15, 0.2) is 35.1 Å². The Bertz CT molecular complexity index is 666. The van der Waals surface area contributed by atoms with Gasteiger partial charge in [-0.3, -0.25) is 9.13 Å². The molecule has 0 saturated heterocycles. The molecule has 0 aliphatic heterocycles. The summed E-state index contributed by atoms with van der Waals surface area (Å²) < 4.78 is 3.61. The second-order valence-corrected chi connectivity index (χ2v) is 4.91. The van der Waals surface area contributed by atoms with Gasteiger partial charge in [0.1, 0.15) is 0 Å². The van der Waals surface area contributed by atoms with E-state index in [1.165, 1.54) is 0 Å². The number of hydrogen-bond acceptors (Lipinski definition) is 1. The predicted molar refractivity (Wildman–Crippen MR) is 75.0 cm³/mol. The minimum atomic E-state index is 0.0324. The number of aryl methyl sites for hydroxylation is 1. The Hall–Kier alpha value is -1.48. The Labute approximate surface area is 110 Å². The van der Waals surface area contributed by atoms with E-state index in [0.29, 0.717) is 12.4 Å². The second-order valence-electron chi connectivity index (χ2n) is 4.54. The summed E-state index contributed by atoms with van der Waals surface area (Å²) >= 11 is 5.79. The molecule has 3 rings (SSSR count). The van der Waals surface area contributed by atoms with Crippen LogP contribution in [-0.2, 0) is 6.54 Å². The van der Waals surface area contributed by atoms with Crippen molar-refractivity contribution in [3.8, 4) is 0 Å². The number of fused-ring (bicyclic) bond motifs is 1. The van der Waals surface area contributed by atoms with E-state index in [0.717, 1.165) is 36.0 Å². The van der Waals surface area contributed by atoms with Crippen LogP contribution < -0.4 is 5.69 Å². The summed E-state index contributed by atoms with van der Waals surface area (Å²) in [5.41, 5.74) is 3.12. The van der Waals surface area contributed by atoms with Gasteiger partial charge in [-0.1, -0.05) is 18.2 Å². The van der Waals surface area contributed by atoms with Crippen LogP contribution in [0.25, 0.3) is 16.7 Å². The number of para-hydroxylation sites is 2. The van der Waals surface area contributed by atoms with E-state index >= 15 is 0 Å². The molecule has 94 valence electrons. The Morgan fingerprint density at radius 2 is 2.00 bits per heavy atom. The fourth-order valence-corrected chi connectivity index (χ4v) is 2.81. The number of halogens is 1. The predicted octanol–water partition coefficient (Wildman–Crippen LogP) is 3.07. The standard InChI is InChI=1S/C14H15ClN2O/c15-9-10-16-12-7-3-4-8-13(12)17(14(16)18)11-5-1-2-6-11/h3-5,7-8H,1-2,6,9-10H2. The fraction of sp³-hybridized carbons (Fsp3) is 0.357. The fourth-order valence-electron chi connectivity index (χ4n) is 2.64. The molecule has 1 aliphatic rings. The first-order valence-electron chi connectivity index (χ1n) is 6.28. The van der Waals surface area contributed by atoms with Gasteiger partial charge in [0.15, 0.2) is 0 Å². The largest absolute Gasteiger partial charge is 0.333 e. The molecule has 1 aromatic carbocycles. The molecule has 1 aliphatic carbocycles. The van der Waals surface area contributed by atoms with Crippen LogP contribution in [0.4, 0.5) is 0 Å². The number of aromatic nitrogens is 2. The average molecular weight is 263 g/mol. The minimum absolute atomic E-state index is 0.0324. The number of hydrogen-bond donors (Lipinski definition) is 0. The van der Waals surface area contributed by atoms with Crippen molar-refractivity contribution < 1.29 is 0 Å². The van der Waals surface area contributed by atoms with Gasteiger partial charge in [-0.2, -0.15) is 0 Å². The first-order valence-corrected chi connectivity index (χ1v) is 6.82. The number of imidazole rings is 1. The lowest BCUT2D eigenvalue weighted by atomic mass is 10.3. The SMILES string of the molecule is O=c1n(CCCl)c2ccccc2n1C1=CCCC1. The third kappa shape index (κ3) is 1.70. The summed E-state index contributed by atoms with van der Waals surface area (Å²) in [6, 6.07) is 7.91. The van der Waals surface area contributed by atoms with Crippen LogP contribution in [-0.4, -0.2) is 15.0 Å². The zero-order valence-electron chi connectivity index (χ0n) is 10.1. The molecule has 3 nitrogen and oxygen atoms in total. The highest BCUT2D eigenvalue weighted by atomic mass is 35.5. The van der Waals surface area contributed by atoms with Crippen LogP contribution in [0, 0.1) is 0 Å². The summed E-state index contributed by atoms with van der Waals surface area (Å²) in [6.45, 7) is 0.557. The number of rotatable bonds is 3. The van der Waals surface area contributed by atoms with Gasteiger partial charge in [0.05, 0.1) is 11.0 Å². The van der Waals surface area contributed by atoms with E-state index in [1.807, 2.05) is 28.8 Å². The Morgan fingerprint density at radius 3 is 2.67 bits per heavy atom. The monoisotopic (exact) mass is 262 g/mol. The van der Waals surface area contributed by atoms with Gasteiger partial charge in [0, 0.05) is 18.1 Å². The lowest BCUT2D eigenvalue weighted by Gasteiger charge is -2.02. The second kappa shape index (κ2) is 4.65. The molecule has 0 spiro atoms. The summed E-state index contributed by atoms with van der Waals surface area (Å²) in [7, 11) is 0. The van der Waals surface area contributed by atoms with E-state index in [-0.39, 0.29) is 5.69 Å². The van der Waals surface area contributed by atoms with E-state index < -0.39 is 0 Å². The zero-order valence-corrected chi connectivity index (χ0v) is 10.9. The highest BCUT2D eigenvalue weighted by Crippen LogP contribution is 2.25. The van der Waals surface area contributed by atoms with Gasteiger partial charge >= 0.3 is 5.69 Å². The molecule has 0 unspecified atom stereocenters. The number of nitrogens with zero attached hydrogens (tertiary/aromatic N) is 2. The van der Waals surface area contributed by atoms with E-state index in [2.05, 4.69) is 6.08 Å². The molecule has 0 N–H and O–H groups in total. The van der Waals surface area contributed by atoms with Gasteiger partial charge < -0.3 is 0 Å². The molecule has 0 atom stereocenters. The average Bonchev–Trinajstić information content (AvgIpc) is 2.98. The van der Waals surface area contributed by atoms with Crippen molar-refractivity contribution in [1.82, 2.24) is 9.13 Å². The van der Waals surface area contributed by atoms with Crippen molar-refractivity contribution in [3.63, 3.8) is 0 Å². The van der Waals surface area contributed by atoms with Crippen molar-refractivity contribution in [2.45, 2.75) is 25.8 Å². The van der Waals surface area contributed by atoms with E-state index in [9.17, 15) is 4.79 Å². The Kier molecular flexibility index (Phi) is 3.00. The lowest BCUT2D eigenvalue weighted by molar-refractivity contribution is 0.737. The van der Waals surface area contributed by atoms with Gasteiger partial charge in [-0.05, 0) is 31.4 Å². The van der Waals surface area contributed by atoms with Crippen LogP contribution >= 0.6 is 11.6 Å². The summed E-state index contributed by atoms with van der Waals surface area (Å²) in [6.07, 6.45) is 5.35. The minimum Gasteiger partial charge on any atom is -0.290 e. The van der Waals surface area contributed by atoms with Crippen molar-refractivity contribution in [2.24, 2.45) is 0 Å². The van der Waals surface area contributed by atoms with Crippen LogP contribution in [0.2, 0.25) is 0 Å². The zero-order chi connectivity index (χ0) is 12.5. The highest BCUT2D eigenvalue weighted by Gasteiger charge is 2.16. The van der Waals surface area contributed by atoms with Crippen molar-refractivity contribution >= 4 is 28.3 Å². The molecule has 0 amide bonds. The first kappa shape index (κ1) is 11.6. The van der Waals surface area contributed by atoms with Crippen molar-refractivity contribution in [2.75, 3.05) is 5.88 Å². The van der Waals surface area contributed by atoms with Crippen LogP contribution in [0.5, 0.6) is 0 Å². The van der Waals surface area contributed by atoms with Gasteiger partial charge in [-0.15, -0.1) is 11.6 Å². The lowest BCUT2D eigenvalue weighted by Crippen LogP contribution is -2.24. The van der Waals surface area contributed by atoms with Gasteiger partial charge in [-0.25, -0.2) is 4.79 Å². The molecule has 0 radical (unpaired) electrons. The smallest absolute Gasteiger partial charge is 0.290 e.